The van der Waals surface area contributed by atoms with Gasteiger partial charge in [-0.2, -0.15) is 0 Å². The topological polar surface area (TPSA) is 38.9 Å². The Balaban J connectivity index is 2.24. The second-order valence-corrected chi connectivity index (χ2v) is 5.57. The van der Waals surface area contributed by atoms with Crippen molar-refractivity contribution in [2.75, 3.05) is 5.73 Å². The van der Waals surface area contributed by atoms with E-state index in [2.05, 4.69) is 27.0 Å². The number of anilines is 1. The molecule has 0 bridgehead atoms. The van der Waals surface area contributed by atoms with E-state index in [0.717, 1.165) is 26.2 Å². The fourth-order valence-electron chi connectivity index (χ4n) is 1.71. The molecule has 17 heavy (non-hydrogen) atoms. The number of thiazole rings is 1. The fourth-order valence-corrected chi connectivity index (χ4v) is 3.08. The molecular weight excluding hydrogens is 296 g/mol. The quantitative estimate of drug-likeness (QED) is 0.680. The monoisotopic (exact) mass is 304 g/mol. The molecule has 0 aliphatic rings. The van der Waals surface area contributed by atoms with E-state index in [1.807, 2.05) is 36.4 Å². The highest BCUT2D eigenvalue weighted by Gasteiger charge is 2.10. The van der Waals surface area contributed by atoms with Crippen LogP contribution in [0.4, 0.5) is 5.69 Å². The molecule has 0 spiro atoms. The van der Waals surface area contributed by atoms with Crippen molar-refractivity contribution in [2.45, 2.75) is 0 Å². The Bertz CT molecular complexity index is 658. The molecular formula is C13H9BrN2S. The summed E-state index contributed by atoms with van der Waals surface area (Å²) in [5, 5.41) is 0.963. The van der Waals surface area contributed by atoms with Crippen molar-refractivity contribution < 1.29 is 0 Å². The average molecular weight is 305 g/mol. The molecule has 3 rings (SSSR count). The van der Waals surface area contributed by atoms with Gasteiger partial charge >= 0.3 is 0 Å². The number of fused-ring (bicyclic) bond motifs is 1. The molecule has 0 saturated carbocycles. The van der Waals surface area contributed by atoms with Crippen LogP contribution in [0.2, 0.25) is 0 Å². The molecule has 0 atom stereocenters. The molecule has 1 heterocycles. The predicted molar refractivity (Wildman–Crippen MR) is 77.2 cm³/mol. The van der Waals surface area contributed by atoms with Gasteiger partial charge in [0.1, 0.15) is 5.01 Å². The van der Waals surface area contributed by atoms with E-state index in [4.69, 9.17) is 5.73 Å². The number of rotatable bonds is 1. The zero-order chi connectivity index (χ0) is 11.8. The van der Waals surface area contributed by atoms with Crippen LogP contribution in [0.5, 0.6) is 0 Å². The van der Waals surface area contributed by atoms with E-state index in [1.54, 1.807) is 11.3 Å². The summed E-state index contributed by atoms with van der Waals surface area (Å²) in [6.07, 6.45) is 0. The van der Waals surface area contributed by atoms with Crippen LogP contribution in [-0.4, -0.2) is 4.98 Å². The number of nitrogens with zero attached hydrogens (tertiary/aromatic N) is 1. The maximum absolute atomic E-state index is 6.06. The van der Waals surface area contributed by atoms with Crippen molar-refractivity contribution in [1.82, 2.24) is 4.98 Å². The smallest absolute Gasteiger partial charge is 0.126 e. The largest absolute Gasteiger partial charge is 0.397 e. The van der Waals surface area contributed by atoms with Gasteiger partial charge in [0.15, 0.2) is 0 Å². The number of hydrogen-bond donors (Lipinski definition) is 1. The minimum atomic E-state index is 0.742. The first-order chi connectivity index (χ1) is 8.25. The molecule has 1 aromatic heterocycles. The maximum atomic E-state index is 6.06. The van der Waals surface area contributed by atoms with Crippen LogP contribution in [0.1, 0.15) is 0 Å². The zero-order valence-corrected chi connectivity index (χ0v) is 11.3. The van der Waals surface area contributed by atoms with E-state index in [9.17, 15) is 0 Å². The number of benzene rings is 2. The van der Waals surface area contributed by atoms with Gasteiger partial charge in [-0.25, -0.2) is 4.98 Å². The highest BCUT2D eigenvalue weighted by Crippen LogP contribution is 2.36. The number of hydrogen-bond acceptors (Lipinski definition) is 3. The van der Waals surface area contributed by atoms with Gasteiger partial charge in [-0.15, -0.1) is 11.3 Å². The predicted octanol–water partition coefficient (Wildman–Crippen LogP) is 4.31. The molecule has 2 nitrogen and oxygen atoms in total. The average Bonchev–Trinajstić information content (AvgIpc) is 2.76. The summed E-state index contributed by atoms with van der Waals surface area (Å²) >= 11 is 5.10. The van der Waals surface area contributed by atoms with Crippen molar-refractivity contribution in [3.63, 3.8) is 0 Å². The summed E-state index contributed by atoms with van der Waals surface area (Å²) < 4.78 is 2.09. The Hall–Kier alpha value is -1.39. The first kappa shape index (κ1) is 10.7. The van der Waals surface area contributed by atoms with Crippen LogP contribution in [-0.2, 0) is 0 Å². The van der Waals surface area contributed by atoms with Crippen molar-refractivity contribution in [3.8, 4) is 10.6 Å². The number of aromatic nitrogens is 1. The second kappa shape index (κ2) is 4.13. The summed E-state index contributed by atoms with van der Waals surface area (Å²) in [4.78, 5) is 4.60. The molecule has 2 aromatic carbocycles. The summed E-state index contributed by atoms with van der Waals surface area (Å²) in [5.41, 5.74) is 8.81. The maximum Gasteiger partial charge on any atom is 0.126 e. The van der Waals surface area contributed by atoms with Crippen LogP contribution in [0.25, 0.3) is 20.8 Å². The Morgan fingerprint density at radius 3 is 2.71 bits per heavy atom. The third kappa shape index (κ3) is 1.83. The van der Waals surface area contributed by atoms with Crippen LogP contribution < -0.4 is 5.73 Å². The molecule has 0 unspecified atom stereocenters. The van der Waals surface area contributed by atoms with Crippen molar-refractivity contribution in [2.24, 2.45) is 0 Å². The van der Waals surface area contributed by atoms with Gasteiger partial charge in [0.05, 0.1) is 15.9 Å². The third-order valence-electron chi connectivity index (χ3n) is 2.58. The van der Waals surface area contributed by atoms with Gasteiger partial charge in [-0.05, 0) is 40.2 Å². The molecule has 0 aliphatic carbocycles. The van der Waals surface area contributed by atoms with Gasteiger partial charge in [-0.1, -0.05) is 18.2 Å². The minimum Gasteiger partial charge on any atom is -0.397 e. The lowest BCUT2D eigenvalue weighted by Crippen LogP contribution is -1.90. The summed E-state index contributed by atoms with van der Waals surface area (Å²) in [6.45, 7) is 0. The van der Waals surface area contributed by atoms with E-state index in [-0.39, 0.29) is 0 Å². The molecule has 0 saturated heterocycles. The normalized spacial score (nSPS) is 10.9. The van der Waals surface area contributed by atoms with Crippen LogP contribution >= 0.6 is 27.3 Å². The highest BCUT2D eigenvalue weighted by atomic mass is 79.9. The Morgan fingerprint density at radius 1 is 1.06 bits per heavy atom. The van der Waals surface area contributed by atoms with Gasteiger partial charge < -0.3 is 5.73 Å². The van der Waals surface area contributed by atoms with Gasteiger partial charge in [0.25, 0.3) is 0 Å². The van der Waals surface area contributed by atoms with E-state index in [1.165, 1.54) is 4.70 Å². The van der Waals surface area contributed by atoms with Gasteiger partial charge in [0.2, 0.25) is 0 Å². The number of nitrogens with two attached hydrogens (primary N) is 1. The summed E-state index contributed by atoms with van der Waals surface area (Å²) in [5.74, 6) is 0. The Morgan fingerprint density at radius 2 is 1.88 bits per heavy atom. The van der Waals surface area contributed by atoms with Gasteiger partial charge in [0, 0.05) is 10.0 Å². The Labute approximate surface area is 111 Å². The number of nitrogen functional groups attached to an aromatic ring is 1. The fraction of sp³-hybridized carbons (Fsp3) is 0. The van der Waals surface area contributed by atoms with Crippen LogP contribution in [0.3, 0.4) is 0 Å². The lowest BCUT2D eigenvalue weighted by Gasteiger charge is -2.03. The van der Waals surface area contributed by atoms with Gasteiger partial charge in [-0.3, -0.25) is 0 Å². The van der Waals surface area contributed by atoms with Crippen LogP contribution in [0, 0.1) is 0 Å². The van der Waals surface area contributed by atoms with E-state index >= 15 is 0 Å². The van der Waals surface area contributed by atoms with Crippen molar-refractivity contribution in [3.05, 3.63) is 46.9 Å². The molecule has 0 fully saturated rings. The number of para-hydroxylation sites is 2. The van der Waals surface area contributed by atoms with E-state index in [0.29, 0.717) is 0 Å². The van der Waals surface area contributed by atoms with E-state index < -0.39 is 0 Å². The summed E-state index contributed by atoms with van der Waals surface area (Å²) in [7, 11) is 0. The molecule has 0 amide bonds. The highest BCUT2D eigenvalue weighted by molar-refractivity contribution is 9.10. The first-order valence-corrected chi connectivity index (χ1v) is 6.76. The van der Waals surface area contributed by atoms with Crippen LogP contribution in [0.15, 0.2) is 46.9 Å². The summed E-state index contributed by atoms with van der Waals surface area (Å²) in [6, 6.07) is 14.0. The van der Waals surface area contributed by atoms with Crippen molar-refractivity contribution >= 4 is 43.2 Å². The SMILES string of the molecule is Nc1c(Br)cccc1-c1nc2ccccc2s1. The Kier molecular flexibility index (Phi) is 2.61. The molecule has 0 aliphatic heterocycles. The molecule has 3 aromatic rings. The molecule has 2 N–H and O–H groups in total. The molecule has 84 valence electrons. The first-order valence-electron chi connectivity index (χ1n) is 5.15. The third-order valence-corrected chi connectivity index (χ3v) is 4.34. The molecule has 4 heteroatoms. The number of halogens is 1. The second-order valence-electron chi connectivity index (χ2n) is 3.69. The zero-order valence-electron chi connectivity index (χ0n) is 8.85. The molecule has 0 radical (unpaired) electrons. The van der Waals surface area contributed by atoms with Crippen molar-refractivity contribution in [1.29, 1.82) is 0 Å². The minimum absolute atomic E-state index is 0.742. The lowest BCUT2D eigenvalue weighted by molar-refractivity contribution is 1.47. The lowest BCUT2D eigenvalue weighted by atomic mass is 10.2. The standard InChI is InChI=1S/C13H9BrN2S/c14-9-5-3-4-8(12(9)15)13-16-10-6-1-2-7-11(10)17-13/h1-7H,15H2.